The fraction of sp³-hybridized carbons (Fsp3) is 0.423. The van der Waals surface area contributed by atoms with Gasteiger partial charge in [-0.15, -0.1) is 0 Å². The molecular formula is C26H27ClF3N5O3. The lowest BCUT2D eigenvalue weighted by molar-refractivity contribution is -0.230. The number of hydrogen-bond donors (Lipinski definition) is 2. The van der Waals surface area contributed by atoms with Crippen LogP contribution < -0.4 is 10.1 Å². The van der Waals surface area contributed by atoms with Gasteiger partial charge < -0.3 is 15.2 Å². The van der Waals surface area contributed by atoms with E-state index in [1.54, 1.807) is 24.3 Å². The highest BCUT2D eigenvalue weighted by Gasteiger charge is 2.59. The van der Waals surface area contributed by atoms with Gasteiger partial charge in [-0.05, 0) is 43.0 Å². The SMILES string of the molecule is CCCOc1ccc(-c2nc(O)nc(-c3cc(CNC(=O)C4(C(F)(F)F)CCCCC4)ccc3Cl)n2)cn1. The Morgan fingerprint density at radius 2 is 1.84 bits per heavy atom. The number of alkyl halides is 3. The molecular weight excluding hydrogens is 523 g/mol. The molecule has 3 aromatic rings. The quantitative estimate of drug-likeness (QED) is 0.361. The van der Waals surface area contributed by atoms with Gasteiger partial charge in [0.2, 0.25) is 11.8 Å². The van der Waals surface area contributed by atoms with Crippen LogP contribution in [0.5, 0.6) is 11.9 Å². The number of halogens is 4. The molecule has 202 valence electrons. The predicted molar refractivity (Wildman–Crippen MR) is 134 cm³/mol. The van der Waals surface area contributed by atoms with Gasteiger partial charge in [0.25, 0.3) is 0 Å². The number of nitrogens with one attached hydrogen (secondary N) is 1. The number of amides is 1. The second-order valence-corrected chi connectivity index (χ2v) is 9.56. The molecule has 0 unspecified atom stereocenters. The molecule has 0 aliphatic heterocycles. The van der Waals surface area contributed by atoms with Crippen molar-refractivity contribution in [2.45, 2.75) is 58.2 Å². The van der Waals surface area contributed by atoms with Crippen molar-refractivity contribution < 1.29 is 27.8 Å². The van der Waals surface area contributed by atoms with Crippen LogP contribution in [0.1, 0.15) is 51.0 Å². The van der Waals surface area contributed by atoms with Crippen LogP contribution in [-0.4, -0.2) is 43.7 Å². The standard InChI is InChI=1S/C26H27ClF3N5O3/c1-2-12-38-20-9-7-17(15-31-20)21-33-22(35-24(37)34-21)18-13-16(6-8-19(18)27)14-32-23(36)25(26(28,29)30)10-4-3-5-11-25/h6-9,13,15H,2-5,10-12,14H2,1H3,(H,32,36)(H,33,34,35,37). The van der Waals surface area contributed by atoms with E-state index in [0.29, 0.717) is 48.4 Å². The third kappa shape index (κ3) is 5.98. The molecule has 1 saturated carbocycles. The van der Waals surface area contributed by atoms with Gasteiger partial charge in [-0.1, -0.05) is 43.9 Å². The molecule has 2 aromatic heterocycles. The third-order valence-corrected chi connectivity index (χ3v) is 6.81. The first kappa shape index (κ1) is 27.6. The highest BCUT2D eigenvalue weighted by molar-refractivity contribution is 6.33. The maximum atomic E-state index is 13.9. The van der Waals surface area contributed by atoms with Crippen LogP contribution in [0.15, 0.2) is 36.5 Å². The summed E-state index contributed by atoms with van der Waals surface area (Å²) in [6.45, 7) is 2.36. The number of aromatic nitrogens is 4. The number of benzene rings is 1. The molecule has 2 heterocycles. The summed E-state index contributed by atoms with van der Waals surface area (Å²) in [5, 5.41) is 12.9. The third-order valence-electron chi connectivity index (χ3n) is 6.48. The van der Waals surface area contributed by atoms with Gasteiger partial charge in [-0.2, -0.15) is 23.1 Å². The van der Waals surface area contributed by atoms with Gasteiger partial charge in [0.15, 0.2) is 11.6 Å². The minimum absolute atomic E-state index is 0.0519. The van der Waals surface area contributed by atoms with E-state index < -0.39 is 23.5 Å². The Morgan fingerprint density at radius 1 is 1.11 bits per heavy atom. The molecule has 1 aromatic carbocycles. The Labute approximate surface area is 222 Å². The summed E-state index contributed by atoms with van der Waals surface area (Å²) in [5.74, 6) is -0.398. The Bertz CT molecular complexity index is 1280. The van der Waals surface area contributed by atoms with Crippen LogP contribution in [0.25, 0.3) is 22.8 Å². The molecule has 0 bridgehead atoms. The zero-order valence-electron chi connectivity index (χ0n) is 20.7. The topological polar surface area (TPSA) is 110 Å². The number of aromatic hydroxyl groups is 1. The second-order valence-electron chi connectivity index (χ2n) is 9.15. The monoisotopic (exact) mass is 549 g/mol. The highest BCUT2D eigenvalue weighted by atomic mass is 35.5. The number of nitrogens with zero attached hydrogens (tertiary/aromatic N) is 4. The van der Waals surface area contributed by atoms with E-state index in [1.807, 2.05) is 6.92 Å². The van der Waals surface area contributed by atoms with E-state index in [1.165, 1.54) is 12.3 Å². The predicted octanol–water partition coefficient (Wildman–Crippen LogP) is 5.88. The lowest BCUT2D eigenvalue weighted by atomic mass is 9.72. The molecule has 1 fully saturated rings. The zero-order chi connectivity index (χ0) is 27.3. The van der Waals surface area contributed by atoms with E-state index in [-0.39, 0.29) is 36.1 Å². The molecule has 0 radical (unpaired) electrons. The van der Waals surface area contributed by atoms with Crippen molar-refractivity contribution in [1.82, 2.24) is 25.3 Å². The van der Waals surface area contributed by atoms with Crippen molar-refractivity contribution >= 4 is 17.5 Å². The molecule has 2 N–H and O–H groups in total. The van der Waals surface area contributed by atoms with E-state index in [2.05, 4.69) is 25.3 Å². The Kier molecular flexibility index (Phi) is 8.35. The van der Waals surface area contributed by atoms with Gasteiger partial charge in [0.1, 0.15) is 5.41 Å². The van der Waals surface area contributed by atoms with Crippen molar-refractivity contribution in [3.8, 4) is 34.7 Å². The number of pyridine rings is 1. The second kappa shape index (κ2) is 11.5. The maximum Gasteiger partial charge on any atom is 0.403 e. The summed E-state index contributed by atoms with van der Waals surface area (Å²) in [6, 6.07) is 7.47. The summed E-state index contributed by atoms with van der Waals surface area (Å²) in [7, 11) is 0. The van der Waals surface area contributed by atoms with E-state index in [4.69, 9.17) is 16.3 Å². The summed E-state index contributed by atoms with van der Waals surface area (Å²) in [5.41, 5.74) is -1.07. The molecule has 1 aliphatic carbocycles. The van der Waals surface area contributed by atoms with Crippen LogP contribution in [-0.2, 0) is 11.3 Å². The number of rotatable bonds is 8. The lowest BCUT2D eigenvalue weighted by Crippen LogP contribution is -2.51. The average molecular weight is 550 g/mol. The first-order valence-electron chi connectivity index (χ1n) is 12.3. The lowest BCUT2D eigenvalue weighted by Gasteiger charge is -2.37. The van der Waals surface area contributed by atoms with Gasteiger partial charge in [0.05, 0.1) is 11.6 Å². The average Bonchev–Trinajstić information content (AvgIpc) is 2.91. The number of hydrogen-bond acceptors (Lipinski definition) is 7. The van der Waals surface area contributed by atoms with Gasteiger partial charge in [-0.25, -0.2) is 9.97 Å². The maximum absolute atomic E-state index is 13.9. The molecule has 0 saturated heterocycles. The smallest absolute Gasteiger partial charge is 0.403 e. The number of carbonyl (C=O) groups excluding carboxylic acids is 1. The van der Waals surface area contributed by atoms with Gasteiger partial charge >= 0.3 is 12.2 Å². The van der Waals surface area contributed by atoms with E-state index >= 15 is 0 Å². The van der Waals surface area contributed by atoms with E-state index in [9.17, 15) is 23.1 Å². The van der Waals surface area contributed by atoms with Crippen LogP contribution >= 0.6 is 11.6 Å². The van der Waals surface area contributed by atoms with Crippen molar-refractivity contribution in [3.63, 3.8) is 0 Å². The van der Waals surface area contributed by atoms with Crippen LogP contribution in [0.4, 0.5) is 13.2 Å². The molecule has 0 spiro atoms. The van der Waals surface area contributed by atoms with Crippen molar-refractivity contribution in [3.05, 3.63) is 47.1 Å². The van der Waals surface area contributed by atoms with Crippen LogP contribution in [0.3, 0.4) is 0 Å². The largest absolute Gasteiger partial charge is 0.479 e. The molecule has 4 rings (SSSR count). The van der Waals surface area contributed by atoms with Crippen molar-refractivity contribution in [2.24, 2.45) is 5.41 Å². The van der Waals surface area contributed by atoms with E-state index in [0.717, 1.165) is 6.42 Å². The summed E-state index contributed by atoms with van der Waals surface area (Å²) < 4.78 is 47.1. The van der Waals surface area contributed by atoms with Crippen molar-refractivity contribution in [1.29, 1.82) is 0 Å². The van der Waals surface area contributed by atoms with Crippen LogP contribution in [0.2, 0.25) is 5.02 Å². The molecule has 1 aliphatic rings. The fourth-order valence-electron chi connectivity index (χ4n) is 4.42. The zero-order valence-corrected chi connectivity index (χ0v) is 21.4. The number of carbonyl (C=O) groups is 1. The first-order valence-corrected chi connectivity index (χ1v) is 12.7. The molecule has 0 atom stereocenters. The van der Waals surface area contributed by atoms with Crippen molar-refractivity contribution in [2.75, 3.05) is 6.61 Å². The Morgan fingerprint density at radius 3 is 2.50 bits per heavy atom. The summed E-state index contributed by atoms with van der Waals surface area (Å²) in [4.78, 5) is 29.3. The fourth-order valence-corrected chi connectivity index (χ4v) is 4.62. The Balaban J connectivity index is 1.56. The number of ether oxygens (including phenoxy) is 1. The minimum Gasteiger partial charge on any atom is -0.479 e. The molecule has 8 nitrogen and oxygen atoms in total. The minimum atomic E-state index is -4.63. The summed E-state index contributed by atoms with van der Waals surface area (Å²) in [6.07, 6.45) is -1.35. The Hall–Kier alpha value is -3.47. The molecule has 12 heteroatoms. The van der Waals surface area contributed by atoms with Gasteiger partial charge in [0, 0.05) is 29.9 Å². The highest BCUT2D eigenvalue weighted by Crippen LogP contribution is 2.49. The first-order chi connectivity index (χ1) is 18.1. The summed E-state index contributed by atoms with van der Waals surface area (Å²) >= 11 is 6.37. The molecule has 1 amide bonds. The normalized spacial score (nSPS) is 15.2. The van der Waals surface area contributed by atoms with Crippen LogP contribution in [0, 0.1) is 5.41 Å². The molecule has 38 heavy (non-hydrogen) atoms. The van der Waals surface area contributed by atoms with Gasteiger partial charge in [-0.3, -0.25) is 4.79 Å².